The second kappa shape index (κ2) is 4.45. The lowest BCUT2D eigenvalue weighted by Gasteiger charge is -2.01. The van der Waals surface area contributed by atoms with Crippen molar-refractivity contribution in [1.29, 1.82) is 0 Å². The van der Waals surface area contributed by atoms with Gasteiger partial charge in [-0.15, -0.1) is 0 Å². The summed E-state index contributed by atoms with van der Waals surface area (Å²) < 4.78 is 25.9. The molecule has 0 aliphatic heterocycles. The van der Waals surface area contributed by atoms with Crippen molar-refractivity contribution >= 4 is 15.9 Å². The van der Waals surface area contributed by atoms with Crippen LogP contribution in [0.25, 0.3) is 0 Å². The average molecular weight is 230 g/mol. The smallest absolute Gasteiger partial charge is 0.264 e. The van der Waals surface area contributed by atoms with E-state index in [-0.39, 0.29) is 18.2 Å². The van der Waals surface area contributed by atoms with Crippen LogP contribution in [0.3, 0.4) is 0 Å². The SMILES string of the molecule is CC(=O)c1nccc(COS(C)(=O)=O)n1. The van der Waals surface area contributed by atoms with Gasteiger partial charge in [-0.2, -0.15) is 8.42 Å². The largest absolute Gasteiger partial charge is 0.291 e. The Morgan fingerprint density at radius 3 is 2.73 bits per heavy atom. The summed E-state index contributed by atoms with van der Waals surface area (Å²) in [6.07, 6.45) is 2.32. The molecular weight excluding hydrogens is 220 g/mol. The molecule has 1 heterocycles. The minimum absolute atomic E-state index is 0.0459. The lowest BCUT2D eigenvalue weighted by molar-refractivity contribution is 0.100. The second-order valence-corrected chi connectivity index (χ2v) is 4.54. The van der Waals surface area contributed by atoms with Crippen LogP contribution >= 0.6 is 0 Å². The number of aromatic nitrogens is 2. The predicted molar refractivity (Wildman–Crippen MR) is 51.7 cm³/mol. The Morgan fingerprint density at radius 1 is 1.53 bits per heavy atom. The molecule has 0 amide bonds. The molecule has 0 bridgehead atoms. The van der Waals surface area contributed by atoms with E-state index in [4.69, 9.17) is 0 Å². The van der Waals surface area contributed by atoms with E-state index in [0.717, 1.165) is 6.26 Å². The fourth-order valence-corrected chi connectivity index (χ4v) is 1.15. The Balaban J connectivity index is 2.79. The highest BCUT2D eigenvalue weighted by Gasteiger charge is 2.07. The van der Waals surface area contributed by atoms with Crippen LogP contribution in [-0.2, 0) is 20.9 Å². The van der Waals surface area contributed by atoms with E-state index < -0.39 is 10.1 Å². The molecule has 1 aromatic heterocycles. The van der Waals surface area contributed by atoms with Crippen LogP contribution in [0.4, 0.5) is 0 Å². The Kier molecular flexibility index (Phi) is 3.48. The fourth-order valence-electron chi connectivity index (χ4n) is 0.813. The summed E-state index contributed by atoms with van der Waals surface area (Å²) in [5, 5.41) is 0. The Labute approximate surface area is 87.4 Å². The fraction of sp³-hybridized carbons (Fsp3) is 0.375. The summed E-state index contributed by atoms with van der Waals surface area (Å²) in [6.45, 7) is 1.14. The van der Waals surface area contributed by atoms with Gasteiger partial charge >= 0.3 is 0 Å². The van der Waals surface area contributed by atoms with Gasteiger partial charge in [0, 0.05) is 13.1 Å². The zero-order valence-electron chi connectivity index (χ0n) is 8.30. The highest BCUT2D eigenvalue weighted by molar-refractivity contribution is 7.85. The number of carbonyl (C=O) groups excluding carboxylic acids is 1. The van der Waals surface area contributed by atoms with E-state index in [0.29, 0.717) is 5.69 Å². The van der Waals surface area contributed by atoms with Crippen molar-refractivity contribution < 1.29 is 17.4 Å². The quantitative estimate of drug-likeness (QED) is 0.540. The summed E-state index contributed by atoms with van der Waals surface area (Å²) >= 11 is 0. The summed E-state index contributed by atoms with van der Waals surface area (Å²) in [4.78, 5) is 18.5. The van der Waals surface area contributed by atoms with Crippen molar-refractivity contribution in [2.24, 2.45) is 0 Å². The molecule has 6 nitrogen and oxygen atoms in total. The molecule has 1 aromatic rings. The lowest BCUT2D eigenvalue weighted by atomic mass is 10.3. The molecule has 0 fully saturated rings. The molecular formula is C8H10N2O4S. The van der Waals surface area contributed by atoms with Crippen molar-refractivity contribution in [1.82, 2.24) is 9.97 Å². The van der Waals surface area contributed by atoms with Gasteiger partial charge in [0.1, 0.15) is 6.61 Å². The standard InChI is InChI=1S/C8H10N2O4S/c1-6(11)8-9-4-3-7(10-8)5-14-15(2,12)13/h3-4H,5H2,1-2H3. The van der Waals surface area contributed by atoms with Crippen LogP contribution in [-0.4, -0.2) is 30.4 Å². The summed E-state index contributed by atoms with van der Waals surface area (Å²) in [5.41, 5.74) is 0.348. The first-order valence-corrected chi connectivity index (χ1v) is 5.87. The van der Waals surface area contributed by atoms with Gasteiger partial charge in [-0.05, 0) is 6.07 Å². The maximum Gasteiger partial charge on any atom is 0.264 e. The third kappa shape index (κ3) is 4.13. The molecule has 0 aliphatic rings. The number of rotatable bonds is 4. The van der Waals surface area contributed by atoms with Crippen molar-refractivity contribution in [2.75, 3.05) is 6.26 Å². The molecule has 15 heavy (non-hydrogen) atoms. The van der Waals surface area contributed by atoms with E-state index in [9.17, 15) is 13.2 Å². The Bertz CT molecular complexity index is 469. The Morgan fingerprint density at radius 2 is 2.20 bits per heavy atom. The lowest BCUT2D eigenvalue weighted by Crippen LogP contribution is -2.07. The minimum atomic E-state index is -3.50. The molecule has 0 saturated carbocycles. The monoisotopic (exact) mass is 230 g/mol. The van der Waals surface area contributed by atoms with Crippen LogP contribution in [0.15, 0.2) is 12.3 Å². The molecule has 0 atom stereocenters. The zero-order valence-corrected chi connectivity index (χ0v) is 9.11. The van der Waals surface area contributed by atoms with Gasteiger partial charge in [0.2, 0.25) is 0 Å². The molecule has 0 saturated heterocycles. The number of hydrogen-bond acceptors (Lipinski definition) is 6. The molecule has 1 rings (SSSR count). The normalized spacial score (nSPS) is 11.3. The molecule has 7 heteroatoms. The number of carbonyl (C=O) groups is 1. The second-order valence-electron chi connectivity index (χ2n) is 2.89. The number of ketones is 1. The first kappa shape index (κ1) is 11.7. The predicted octanol–water partition coefficient (Wildman–Crippen LogP) is 0.155. The van der Waals surface area contributed by atoms with Crippen molar-refractivity contribution in [3.63, 3.8) is 0 Å². The third-order valence-corrected chi connectivity index (χ3v) is 2.00. The van der Waals surface area contributed by atoms with Crippen LogP contribution in [0.2, 0.25) is 0 Å². The van der Waals surface area contributed by atoms with E-state index in [1.165, 1.54) is 19.2 Å². The maximum absolute atomic E-state index is 10.9. The molecule has 0 aliphatic carbocycles. The number of nitrogens with zero attached hydrogens (tertiary/aromatic N) is 2. The third-order valence-electron chi connectivity index (χ3n) is 1.45. The average Bonchev–Trinajstić information content (AvgIpc) is 2.14. The maximum atomic E-state index is 10.9. The van der Waals surface area contributed by atoms with Gasteiger partial charge in [0.15, 0.2) is 11.6 Å². The van der Waals surface area contributed by atoms with E-state index in [1.807, 2.05) is 0 Å². The summed E-state index contributed by atoms with van der Waals surface area (Å²) in [7, 11) is -3.50. The van der Waals surface area contributed by atoms with Crippen molar-refractivity contribution in [3.05, 3.63) is 23.8 Å². The van der Waals surface area contributed by atoms with E-state index in [2.05, 4.69) is 14.2 Å². The Hall–Kier alpha value is -1.34. The van der Waals surface area contributed by atoms with Gasteiger partial charge in [-0.1, -0.05) is 0 Å². The zero-order chi connectivity index (χ0) is 11.5. The number of Topliss-reactive ketones (excluding diaryl/α,β-unsaturated/α-hetero) is 1. The van der Waals surface area contributed by atoms with E-state index in [1.54, 1.807) is 0 Å². The molecule has 0 spiro atoms. The highest BCUT2D eigenvalue weighted by Crippen LogP contribution is 2.01. The van der Waals surface area contributed by atoms with Crippen LogP contribution in [0.1, 0.15) is 23.2 Å². The first-order chi connectivity index (χ1) is 6.88. The van der Waals surface area contributed by atoms with Crippen LogP contribution < -0.4 is 0 Å². The van der Waals surface area contributed by atoms with Gasteiger partial charge in [0.25, 0.3) is 10.1 Å². The summed E-state index contributed by atoms with van der Waals surface area (Å²) in [5.74, 6) is -0.235. The van der Waals surface area contributed by atoms with Gasteiger partial charge in [0.05, 0.1) is 11.9 Å². The van der Waals surface area contributed by atoms with Crippen LogP contribution in [0.5, 0.6) is 0 Å². The molecule has 0 unspecified atom stereocenters. The number of hydrogen-bond donors (Lipinski definition) is 0. The molecule has 0 N–H and O–H groups in total. The first-order valence-electron chi connectivity index (χ1n) is 4.06. The highest BCUT2D eigenvalue weighted by atomic mass is 32.2. The molecule has 0 radical (unpaired) electrons. The van der Waals surface area contributed by atoms with Gasteiger partial charge in [-0.3, -0.25) is 8.98 Å². The minimum Gasteiger partial charge on any atom is -0.291 e. The van der Waals surface area contributed by atoms with Crippen molar-refractivity contribution in [3.8, 4) is 0 Å². The molecule has 82 valence electrons. The topological polar surface area (TPSA) is 86.2 Å². The van der Waals surface area contributed by atoms with Crippen molar-refractivity contribution in [2.45, 2.75) is 13.5 Å². The van der Waals surface area contributed by atoms with Gasteiger partial charge in [-0.25, -0.2) is 9.97 Å². The van der Waals surface area contributed by atoms with Gasteiger partial charge < -0.3 is 0 Å². The van der Waals surface area contributed by atoms with E-state index >= 15 is 0 Å². The summed E-state index contributed by atoms with van der Waals surface area (Å²) in [6, 6.07) is 1.48. The van der Waals surface area contributed by atoms with Crippen LogP contribution in [0, 0.1) is 0 Å². The molecule has 0 aromatic carbocycles.